The Hall–Kier alpha value is -0.606. The molecule has 0 spiro atoms. The minimum absolute atomic E-state index is 0.858. The van der Waals surface area contributed by atoms with Gasteiger partial charge >= 0.3 is 0 Å². The summed E-state index contributed by atoms with van der Waals surface area (Å²) in [5.74, 6) is 3.45. The van der Waals surface area contributed by atoms with Gasteiger partial charge in [0.2, 0.25) is 0 Å². The van der Waals surface area contributed by atoms with Gasteiger partial charge in [-0.05, 0) is 47.6 Å². The van der Waals surface area contributed by atoms with Gasteiger partial charge in [-0.1, -0.05) is 99.7 Å². The largest absolute Gasteiger partial charge is 0.0808 e. The second-order valence-electron chi connectivity index (χ2n) is 10.9. The van der Waals surface area contributed by atoms with Gasteiger partial charge < -0.3 is 0 Å². The molecule has 2 saturated carbocycles. The molecule has 2 fully saturated rings. The minimum Gasteiger partial charge on any atom is -0.0808 e. The van der Waals surface area contributed by atoms with E-state index in [1.54, 1.807) is 12.1 Å². The van der Waals surface area contributed by atoms with E-state index in [9.17, 15) is 0 Å². The topological polar surface area (TPSA) is 0 Å². The predicted octanol–water partition coefficient (Wildman–Crippen LogP) is 7.45. The molecular weight excluding hydrogens is 344 g/mol. The smallest absolute Gasteiger partial charge is 0.0508 e. The molecule has 0 N–H and O–H groups in total. The summed E-state index contributed by atoms with van der Waals surface area (Å²) in [6.45, 7) is 10.9. The van der Waals surface area contributed by atoms with E-state index in [2.05, 4.69) is 74.8 Å². The van der Waals surface area contributed by atoms with Crippen molar-refractivity contribution in [1.29, 1.82) is 0 Å². The number of rotatable bonds is 5. The fraction of sp³-hybridized carbons (Fsp3) is 0.667. The quantitative estimate of drug-likeness (QED) is 0.433. The molecule has 0 heterocycles. The number of hydrogen-bond donors (Lipinski definition) is 0. The van der Waals surface area contributed by atoms with Crippen molar-refractivity contribution in [3.8, 4) is 0 Å². The van der Waals surface area contributed by atoms with Crippen molar-refractivity contribution in [2.75, 3.05) is 0 Å². The molecule has 0 aromatic carbocycles. The van der Waals surface area contributed by atoms with Crippen LogP contribution in [-0.4, -0.2) is 16.1 Å². The second kappa shape index (κ2) is 7.09. The molecule has 4 aliphatic carbocycles. The summed E-state index contributed by atoms with van der Waals surface area (Å²) in [6.07, 6.45) is 25.2. The summed E-state index contributed by atoms with van der Waals surface area (Å²) in [5.41, 5.74) is 2.04. The average Bonchev–Trinajstić information content (AvgIpc) is 3.25. The summed E-state index contributed by atoms with van der Waals surface area (Å²) in [4.78, 5) is 0. The normalized spacial score (nSPS) is 38.6. The van der Waals surface area contributed by atoms with Crippen LogP contribution in [0, 0.1) is 23.7 Å². The molecule has 26 heavy (non-hydrogen) atoms. The first kappa shape index (κ1) is 18.7. The van der Waals surface area contributed by atoms with Crippen molar-refractivity contribution in [3.63, 3.8) is 0 Å². The van der Waals surface area contributed by atoms with E-state index in [0.29, 0.717) is 0 Å². The van der Waals surface area contributed by atoms with Crippen LogP contribution in [0.25, 0.3) is 0 Å². The number of allylic oxidation sites excluding steroid dienone is 8. The lowest BCUT2D eigenvalue weighted by Crippen LogP contribution is -2.41. The summed E-state index contributed by atoms with van der Waals surface area (Å²) in [7, 11) is -2.33. The zero-order valence-corrected chi connectivity index (χ0v) is 19.3. The average molecular weight is 383 g/mol. The highest BCUT2D eigenvalue weighted by Crippen LogP contribution is 2.54. The molecule has 4 rings (SSSR count). The Bertz CT molecular complexity index is 581. The van der Waals surface area contributed by atoms with Gasteiger partial charge in [0.05, 0.1) is 16.1 Å². The van der Waals surface area contributed by atoms with Crippen LogP contribution in [0.3, 0.4) is 0 Å². The summed E-state index contributed by atoms with van der Waals surface area (Å²) >= 11 is 0. The zero-order chi connectivity index (χ0) is 18.4. The summed E-state index contributed by atoms with van der Waals surface area (Å²) in [6, 6.07) is 3.15. The molecule has 0 aromatic rings. The van der Waals surface area contributed by atoms with Crippen LogP contribution in [0.4, 0.5) is 0 Å². The number of hydrogen-bond acceptors (Lipinski definition) is 0. The number of fused-ring (bicyclic) bond motifs is 2. The Morgan fingerprint density at radius 1 is 0.577 bits per heavy atom. The highest BCUT2D eigenvalue weighted by Gasteiger charge is 2.47. The Morgan fingerprint density at radius 3 is 1.38 bits per heavy atom. The van der Waals surface area contributed by atoms with Crippen LogP contribution in [0.15, 0.2) is 48.6 Å². The van der Waals surface area contributed by atoms with Crippen molar-refractivity contribution in [2.45, 2.75) is 75.0 Å². The van der Waals surface area contributed by atoms with Gasteiger partial charge in [-0.3, -0.25) is 0 Å². The Kier molecular flexibility index (Phi) is 5.11. The maximum Gasteiger partial charge on any atom is 0.0508 e. The van der Waals surface area contributed by atoms with Crippen molar-refractivity contribution in [3.05, 3.63) is 48.6 Å². The highest BCUT2D eigenvalue weighted by atomic mass is 28.3. The maximum absolute atomic E-state index is 2.72. The maximum atomic E-state index is 2.72. The Morgan fingerprint density at radius 2 is 0.962 bits per heavy atom. The molecule has 142 valence electrons. The lowest BCUT2D eigenvalue weighted by molar-refractivity contribution is 0.542. The first-order valence-corrected chi connectivity index (χ1v) is 17.7. The predicted molar refractivity (Wildman–Crippen MR) is 121 cm³/mol. The van der Waals surface area contributed by atoms with E-state index in [1.807, 2.05) is 0 Å². The third kappa shape index (κ3) is 3.44. The van der Waals surface area contributed by atoms with Crippen molar-refractivity contribution >= 4 is 16.1 Å². The van der Waals surface area contributed by atoms with E-state index >= 15 is 0 Å². The molecule has 0 aromatic heterocycles. The highest BCUT2D eigenvalue weighted by molar-refractivity contribution is 6.84. The van der Waals surface area contributed by atoms with Gasteiger partial charge in [-0.2, -0.15) is 0 Å². The van der Waals surface area contributed by atoms with Crippen LogP contribution >= 0.6 is 0 Å². The van der Waals surface area contributed by atoms with Crippen molar-refractivity contribution < 1.29 is 0 Å². The molecule has 0 bridgehead atoms. The van der Waals surface area contributed by atoms with Gasteiger partial charge in [0.1, 0.15) is 0 Å². The molecule has 6 unspecified atom stereocenters. The molecule has 2 heteroatoms. The van der Waals surface area contributed by atoms with Gasteiger partial charge in [0, 0.05) is 0 Å². The van der Waals surface area contributed by atoms with Gasteiger partial charge in [0.25, 0.3) is 0 Å². The van der Waals surface area contributed by atoms with Crippen LogP contribution < -0.4 is 0 Å². The lowest BCUT2D eigenvalue weighted by atomic mass is 9.92. The monoisotopic (exact) mass is 382 g/mol. The van der Waals surface area contributed by atoms with Crippen LogP contribution in [0.5, 0.6) is 0 Å². The third-order valence-electron chi connectivity index (χ3n) is 8.57. The molecule has 6 atom stereocenters. The minimum atomic E-state index is -1.17. The molecule has 0 nitrogen and oxygen atoms in total. The van der Waals surface area contributed by atoms with Gasteiger partial charge in [-0.25, -0.2) is 0 Å². The third-order valence-corrected chi connectivity index (χ3v) is 17.5. The molecule has 4 aliphatic rings. The van der Waals surface area contributed by atoms with E-state index in [1.165, 1.54) is 25.7 Å². The van der Waals surface area contributed by atoms with Crippen molar-refractivity contribution in [2.24, 2.45) is 23.7 Å². The van der Waals surface area contributed by atoms with E-state index in [4.69, 9.17) is 0 Å². The summed E-state index contributed by atoms with van der Waals surface area (Å²) < 4.78 is 0. The first-order chi connectivity index (χ1) is 12.4. The summed E-state index contributed by atoms with van der Waals surface area (Å²) in [5, 5.41) is 0. The second-order valence-corrected chi connectivity index (χ2v) is 21.3. The molecular formula is C24H38Si2. The lowest BCUT2D eigenvalue weighted by Gasteiger charge is -2.40. The fourth-order valence-electron chi connectivity index (χ4n) is 6.75. The zero-order valence-electron chi connectivity index (χ0n) is 17.3. The fourth-order valence-corrected chi connectivity index (χ4v) is 17.3. The molecule has 0 saturated heterocycles. The standard InChI is InChI=1S/C24H38Si2/c1-25(2,23-15-13-19-9-5-7-11-21(19)23)17-18-26(3,4)24-16-14-20-10-6-8-12-22(20)24/h5-12,19-24H,13-18H2,1-4H3. The SMILES string of the molecule is C[Si](C)(CC[Si](C)(C)C1CCC2C=CC=CC21)C1CCC2C=CC=CC21. The Labute approximate surface area is 163 Å². The molecule has 0 radical (unpaired) electrons. The van der Waals surface area contributed by atoms with Gasteiger partial charge in [0.15, 0.2) is 0 Å². The van der Waals surface area contributed by atoms with Crippen LogP contribution in [0.1, 0.15) is 25.7 Å². The van der Waals surface area contributed by atoms with Crippen molar-refractivity contribution in [1.82, 2.24) is 0 Å². The van der Waals surface area contributed by atoms with Crippen LogP contribution in [0.2, 0.25) is 49.4 Å². The molecule has 0 amide bonds. The van der Waals surface area contributed by atoms with E-state index in [0.717, 1.165) is 34.8 Å². The van der Waals surface area contributed by atoms with Gasteiger partial charge in [-0.15, -0.1) is 0 Å². The van der Waals surface area contributed by atoms with E-state index in [-0.39, 0.29) is 0 Å². The Balaban J connectivity index is 1.41. The first-order valence-electron chi connectivity index (χ1n) is 11.1. The van der Waals surface area contributed by atoms with E-state index < -0.39 is 16.1 Å². The molecule has 0 aliphatic heterocycles. The van der Waals surface area contributed by atoms with Crippen LogP contribution in [-0.2, 0) is 0 Å².